The zero-order chi connectivity index (χ0) is 10.6. The van der Waals surface area contributed by atoms with Gasteiger partial charge in [0.25, 0.3) is 0 Å². The van der Waals surface area contributed by atoms with Gasteiger partial charge in [0, 0.05) is 13.0 Å². The molecule has 1 aliphatic rings. The molecule has 1 fully saturated rings. The molecule has 1 aliphatic heterocycles. The Bertz CT molecular complexity index is 225. The van der Waals surface area contributed by atoms with Crippen LogP contribution in [0.2, 0.25) is 0 Å². The highest BCUT2D eigenvalue weighted by Crippen LogP contribution is 2.16. The number of rotatable bonds is 4. The Morgan fingerprint density at radius 1 is 1.57 bits per heavy atom. The molecule has 1 unspecified atom stereocenters. The lowest BCUT2D eigenvalue weighted by molar-refractivity contribution is -0.151. The highest BCUT2D eigenvalue weighted by molar-refractivity contribution is 5.84. The Labute approximate surface area is 83.9 Å². The van der Waals surface area contributed by atoms with Gasteiger partial charge in [-0.1, -0.05) is 13.3 Å². The molecule has 0 aromatic rings. The second-order valence-electron chi connectivity index (χ2n) is 3.69. The smallest absolute Gasteiger partial charge is 0.326 e. The molecule has 0 radical (unpaired) electrons. The average molecular weight is 199 g/mol. The molecule has 0 aromatic heterocycles. The normalized spacial score (nSPS) is 19.5. The highest BCUT2D eigenvalue weighted by Gasteiger charge is 2.30. The lowest BCUT2D eigenvalue weighted by atomic mass is 10.0. The first-order valence-corrected chi connectivity index (χ1v) is 5.19. The summed E-state index contributed by atoms with van der Waals surface area (Å²) in [4.78, 5) is 23.9. The molecule has 4 heteroatoms. The van der Waals surface area contributed by atoms with E-state index < -0.39 is 12.0 Å². The predicted octanol–water partition coefficient (Wildman–Crippen LogP) is 1.25. The van der Waals surface area contributed by atoms with Crippen molar-refractivity contribution in [1.82, 2.24) is 4.90 Å². The number of carboxylic acids is 1. The molecule has 1 atom stereocenters. The molecule has 0 saturated carbocycles. The summed E-state index contributed by atoms with van der Waals surface area (Å²) in [7, 11) is 0. The topological polar surface area (TPSA) is 57.6 Å². The molecular formula is C10H17NO3. The van der Waals surface area contributed by atoms with Crippen molar-refractivity contribution in [3.05, 3.63) is 0 Å². The van der Waals surface area contributed by atoms with Crippen LogP contribution in [0.3, 0.4) is 0 Å². The van der Waals surface area contributed by atoms with Crippen LogP contribution >= 0.6 is 0 Å². The first kappa shape index (κ1) is 11.0. The van der Waals surface area contributed by atoms with Gasteiger partial charge < -0.3 is 10.0 Å². The number of aliphatic carboxylic acids is 1. The number of piperidine rings is 1. The maximum absolute atomic E-state index is 11.5. The van der Waals surface area contributed by atoms with E-state index in [0.29, 0.717) is 19.4 Å². The van der Waals surface area contributed by atoms with Gasteiger partial charge in [-0.25, -0.2) is 4.79 Å². The van der Waals surface area contributed by atoms with Crippen molar-refractivity contribution in [3.63, 3.8) is 0 Å². The summed E-state index contributed by atoms with van der Waals surface area (Å²) in [5.41, 5.74) is 0. The summed E-state index contributed by atoms with van der Waals surface area (Å²) in [6.07, 6.45) is 3.68. The Hall–Kier alpha value is -1.06. The summed E-state index contributed by atoms with van der Waals surface area (Å²) in [5, 5.41) is 8.98. The lowest BCUT2D eigenvalue weighted by Gasteiger charge is -2.31. The van der Waals surface area contributed by atoms with E-state index in [-0.39, 0.29) is 5.91 Å². The molecule has 0 bridgehead atoms. The van der Waals surface area contributed by atoms with Crippen LogP contribution in [0.25, 0.3) is 0 Å². The van der Waals surface area contributed by atoms with E-state index >= 15 is 0 Å². The lowest BCUT2D eigenvalue weighted by Crippen LogP contribution is -2.47. The monoisotopic (exact) mass is 199 g/mol. The third-order valence-corrected chi connectivity index (χ3v) is 2.58. The van der Waals surface area contributed by atoms with Gasteiger partial charge in [0.05, 0.1) is 0 Å². The number of hydrogen-bond acceptors (Lipinski definition) is 2. The van der Waals surface area contributed by atoms with Crippen molar-refractivity contribution in [2.24, 2.45) is 0 Å². The van der Waals surface area contributed by atoms with Gasteiger partial charge in [-0.2, -0.15) is 0 Å². The van der Waals surface area contributed by atoms with Crippen LogP contribution in [0.15, 0.2) is 0 Å². The average Bonchev–Trinajstić information content (AvgIpc) is 2.15. The van der Waals surface area contributed by atoms with E-state index in [9.17, 15) is 9.59 Å². The maximum atomic E-state index is 11.5. The molecule has 1 amide bonds. The highest BCUT2D eigenvalue weighted by atomic mass is 16.4. The first-order chi connectivity index (χ1) is 6.66. The van der Waals surface area contributed by atoms with E-state index in [0.717, 1.165) is 19.3 Å². The fourth-order valence-corrected chi connectivity index (χ4v) is 1.84. The standard InChI is InChI=1S/C10H17NO3/c1-2-5-8(10(13)14)11-7-4-3-6-9(11)12/h8H,2-7H2,1H3,(H,13,14). The summed E-state index contributed by atoms with van der Waals surface area (Å²) in [6, 6.07) is -0.604. The molecule has 0 aromatic carbocycles. The molecule has 1 N–H and O–H groups in total. The molecule has 1 saturated heterocycles. The van der Waals surface area contributed by atoms with Crippen LogP contribution in [0.5, 0.6) is 0 Å². The summed E-state index contributed by atoms with van der Waals surface area (Å²) in [6.45, 7) is 2.54. The Morgan fingerprint density at radius 2 is 2.29 bits per heavy atom. The van der Waals surface area contributed by atoms with Gasteiger partial charge in [0.15, 0.2) is 0 Å². The molecular weight excluding hydrogens is 182 g/mol. The zero-order valence-corrected chi connectivity index (χ0v) is 8.53. The van der Waals surface area contributed by atoms with E-state index in [4.69, 9.17) is 5.11 Å². The van der Waals surface area contributed by atoms with Crippen molar-refractivity contribution in [1.29, 1.82) is 0 Å². The number of carbonyl (C=O) groups is 2. The fourth-order valence-electron chi connectivity index (χ4n) is 1.84. The molecule has 80 valence electrons. The number of carbonyl (C=O) groups excluding carboxylic acids is 1. The predicted molar refractivity (Wildman–Crippen MR) is 51.9 cm³/mol. The third kappa shape index (κ3) is 2.47. The van der Waals surface area contributed by atoms with Crippen LogP contribution in [-0.4, -0.2) is 34.5 Å². The van der Waals surface area contributed by atoms with Crippen LogP contribution in [0.4, 0.5) is 0 Å². The minimum atomic E-state index is -0.873. The summed E-state index contributed by atoms with van der Waals surface area (Å²) >= 11 is 0. The second-order valence-corrected chi connectivity index (χ2v) is 3.69. The minimum Gasteiger partial charge on any atom is -0.480 e. The number of amides is 1. The van der Waals surface area contributed by atoms with Gasteiger partial charge >= 0.3 is 5.97 Å². The van der Waals surface area contributed by atoms with Crippen molar-refractivity contribution < 1.29 is 14.7 Å². The van der Waals surface area contributed by atoms with Gasteiger partial charge in [0.1, 0.15) is 6.04 Å². The Morgan fingerprint density at radius 3 is 2.79 bits per heavy atom. The molecule has 0 aliphatic carbocycles. The Kier molecular flexibility index (Phi) is 3.92. The Balaban J connectivity index is 2.65. The first-order valence-electron chi connectivity index (χ1n) is 5.19. The number of likely N-dealkylation sites (tertiary alicyclic amines) is 1. The van der Waals surface area contributed by atoms with E-state index in [2.05, 4.69) is 0 Å². The fraction of sp³-hybridized carbons (Fsp3) is 0.800. The largest absolute Gasteiger partial charge is 0.480 e. The van der Waals surface area contributed by atoms with Crippen LogP contribution < -0.4 is 0 Å². The molecule has 1 heterocycles. The van der Waals surface area contributed by atoms with Crippen molar-refractivity contribution in [3.8, 4) is 0 Å². The SMILES string of the molecule is CCCC(C(=O)O)N1CCCCC1=O. The van der Waals surface area contributed by atoms with Crippen molar-refractivity contribution in [2.45, 2.75) is 45.1 Å². The zero-order valence-electron chi connectivity index (χ0n) is 8.53. The number of carboxylic acid groups (broad SMARTS) is 1. The molecule has 1 rings (SSSR count). The van der Waals surface area contributed by atoms with Crippen LogP contribution in [0, 0.1) is 0 Å². The van der Waals surface area contributed by atoms with Gasteiger partial charge in [-0.05, 0) is 19.3 Å². The van der Waals surface area contributed by atoms with Crippen molar-refractivity contribution in [2.75, 3.05) is 6.54 Å². The van der Waals surface area contributed by atoms with E-state index in [1.807, 2.05) is 6.92 Å². The van der Waals surface area contributed by atoms with Crippen LogP contribution in [0.1, 0.15) is 39.0 Å². The maximum Gasteiger partial charge on any atom is 0.326 e. The summed E-state index contributed by atoms with van der Waals surface area (Å²) in [5.74, 6) is -0.876. The van der Waals surface area contributed by atoms with Crippen LogP contribution in [-0.2, 0) is 9.59 Å². The van der Waals surface area contributed by atoms with Gasteiger partial charge in [-0.3, -0.25) is 4.79 Å². The molecule has 0 spiro atoms. The number of hydrogen-bond donors (Lipinski definition) is 1. The van der Waals surface area contributed by atoms with E-state index in [1.54, 1.807) is 0 Å². The second kappa shape index (κ2) is 4.98. The number of nitrogens with zero attached hydrogens (tertiary/aromatic N) is 1. The minimum absolute atomic E-state index is 0.00269. The van der Waals surface area contributed by atoms with Crippen molar-refractivity contribution >= 4 is 11.9 Å². The van der Waals surface area contributed by atoms with Gasteiger partial charge in [-0.15, -0.1) is 0 Å². The van der Waals surface area contributed by atoms with E-state index in [1.165, 1.54) is 4.90 Å². The van der Waals surface area contributed by atoms with Gasteiger partial charge in [0.2, 0.25) is 5.91 Å². The molecule has 4 nitrogen and oxygen atoms in total. The third-order valence-electron chi connectivity index (χ3n) is 2.58. The molecule has 14 heavy (non-hydrogen) atoms. The quantitative estimate of drug-likeness (QED) is 0.741. The summed E-state index contributed by atoms with van der Waals surface area (Å²) < 4.78 is 0.